The lowest BCUT2D eigenvalue weighted by atomic mass is 10.1. The maximum atomic E-state index is 12.9. The lowest BCUT2D eigenvalue weighted by molar-refractivity contribution is 0.0705. The number of aromatic nitrogens is 2. The van der Waals surface area contributed by atoms with Crippen LogP contribution >= 0.6 is 0 Å². The summed E-state index contributed by atoms with van der Waals surface area (Å²) in [6.07, 6.45) is 6.90. The molecule has 25 heavy (non-hydrogen) atoms. The third-order valence-electron chi connectivity index (χ3n) is 4.98. The van der Waals surface area contributed by atoms with E-state index in [4.69, 9.17) is 4.74 Å². The van der Waals surface area contributed by atoms with E-state index in [1.165, 1.54) is 6.42 Å². The fraction of sp³-hybridized carbons (Fsp3) is 0.722. The number of likely N-dealkylation sites (tertiary alicyclic amines) is 1. The zero-order valence-electron chi connectivity index (χ0n) is 15.1. The second kappa shape index (κ2) is 8.47. The summed E-state index contributed by atoms with van der Waals surface area (Å²) in [5.41, 5.74) is 1.34. The van der Waals surface area contributed by atoms with Crippen LogP contribution < -0.4 is 5.32 Å². The van der Waals surface area contributed by atoms with Gasteiger partial charge in [-0.15, -0.1) is 0 Å². The summed E-state index contributed by atoms with van der Waals surface area (Å²) in [6, 6.07) is 0. The third kappa shape index (κ3) is 4.03. The zero-order valence-corrected chi connectivity index (χ0v) is 15.1. The van der Waals surface area contributed by atoms with Crippen molar-refractivity contribution in [1.82, 2.24) is 19.8 Å². The summed E-state index contributed by atoms with van der Waals surface area (Å²) in [7, 11) is 1.64. The van der Waals surface area contributed by atoms with E-state index in [0.717, 1.165) is 63.9 Å². The van der Waals surface area contributed by atoms with Crippen LogP contribution in [0.4, 0.5) is 0 Å². The van der Waals surface area contributed by atoms with E-state index < -0.39 is 0 Å². The molecule has 1 fully saturated rings. The van der Waals surface area contributed by atoms with Crippen molar-refractivity contribution in [2.24, 2.45) is 0 Å². The van der Waals surface area contributed by atoms with Gasteiger partial charge in [0.2, 0.25) is 0 Å². The molecule has 0 saturated carbocycles. The van der Waals surface area contributed by atoms with Gasteiger partial charge in [-0.3, -0.25) is 9.59 Å². The molecule has 0 aromatic carbocycles. The van der Waals surface area contributed by atoms with Crippen molar-refractivity contribution in [3.05, 3.63) is 17.2 Å². The average Bonchev–Trinajstić information content (AvgIpc) is 3.05. The Bertz CT molecular complexity index is 620. The molecule has 0 bridgehead atoms. The molecular weight excluding hydrogens is 320 g/mol. The highest BCUT2D eigenvalue weighted by Gasteiger charge is 2.30. The Morgan fingerprint density at radius 1 is 1.12 bits per heavy atom. The first kappa shape index (κ1) is 17.9. The summed E-state index contributed by atoms with van der Waals surface area (Å²) < 4.78 is 6.98. The van der Waals surface area contributed by atoms with Crippen LogP contribution in [0.3, 0.4) is 0 Å². The van der Waals surface area contributed by atoms with Gasteiger partial charge in [0.1, 0.15) is 5.69 Å². The first-order valence-electron chi connectivity index (χ1n) is 9.38. The number of rotatable bonds is 6. The van der Waals surface area contributed by atoms with Crippen LogP contribution in [0.25, 0.3) is 0 Å². The monoisotopic (exact) mass is 348 g/mol. The van der Waals surface area contributed by atoms with E-state index in [1.807, 2.05) is 9.47 Å². The molecule has 3 rings (SSSR count). The van der Waals surface area contributed by atoms with Crippen LogP contribution in [0.2, 0.25) is 0 Å². The van der Waals surface area contributed by atoms with Crippen molar-refractivity contribution in [3.63, 3.8) is 0 Å². The van der Waals surface area contributed by atoms with Crippen LogP contribution in [-0.4, -0.2) is 59.6 Å². The molecule has 7 heteroatoms. The van der Waals surface area contributed by atoms with Crippen molar-refractivity contribution in [1.29, 1.82) is 0 Å². The molecule has 3 heterocycles. The predicted octanol–water partition coefficient (Wildman–Crippen LogP) is 1.61. The highest BCUT2D eigenvalue weighted by molar-refractivity contribution is 5.97. The number of nitrogens with zero attached hydrogens (tertiary/aromatic N) is 3. The van der Waals surface area contributed by atoms with Gasteiger partial charge in [0.05, 0.1) is 5.69 Å². The van der Waals surface area contributed by atoms with Crippen LogP contribution in [0.5, 0.6) is 0 Å². The van der Waals surface area contributed by atoms with Crippen molar-refractivity contribution < 1.29 is 14.3 Å². The topological polar surface area (TPSA) is 76.5 Å². The van der Waals surface area contributed by atoms with Crippen molar-refractivity contribution in [2.45, 2.75) is 51.5 Å². The number of hydrogen-bond acceptors (Lipinski definition) is 4. The molecule has 1 N–H and O–H groups in total. The zero-order chi connectivity index (χ0) is 17.6. The van der Waals surface area contributed by atoms with Gasteiger partial charge in [-0.2, -0.15) is 0 Å². The van der Waals surface area contributed by atoms with Crippen LogP contribution in [-0.2, 0) is 17.7 Å². The number of carbonyl (C=O) groups is 2. The molecule has 1 aromatic rings. The van der Waals surface area contributed by atoms with Gasteiger partial charge in [-0.25, -0.2) is 4.98 Å². The minimum absolute atomic E-state index is 0.0266. The Balaban J connectivity index is 1.78. The quantitative estimate of drug-likeness (QED) is 0.793. The minimum Gasteiger partial charge on any atom is -0.385 e. The Morgan fingerprint density at radius 2 is 1.88 bits per heavy atom. The number of nitrogens with one attached hydrogen (secondary N) is 1. The van der Waals surface area contributed by atoms with E-state index in [0.29, 0.717) is 24.7 Å². The van der Waals surface area contributed by atoms with Gasteiger partial charge in [-0.05, 0) is 44.9 Å². The summed E-state index contributed by atoms with van der Waals surface area (Å²) in [6.45, 7) is 3.52. The second-order valence-corrected chi connectivity index (χ2v) is 6.79. The maximum absolute atomic E-state index is 12.9. The smallest absolute Gasteiger partial charge is 0.289 e. The molecule has 0 atom stereocenters. The van der Waals surface area contributed by atoms with Crippen molar-refractivity contribution in [3.8, 4) is 0 Å². The maximum Gasteiger partial charge on any atom is 0.289 e. The standard InChI is InChI=1S/C18H28N4O3/c1-25-13-7-9-19-17(23)15-14-8-3-6-12-22(14)16(20-15)18(24)21-10-4-2-5-11-21/h2-13H2,1H3,(H,19,23). The molecule has 0 unspecified atom stereocenters. The molecule has 1 saturated heterocycles. The number of methoxy groups -OCH3 is 1. The number of amides is 2. The van der Waals surface area contributed by atoms with Crippen molar-refractivity contribution >= 4 is 11.8 Å². The van der Waals surface area contributed by atoms with E-state index in [-0.39, 0.29) is 11.8 Å². The SMILES string of the molecule is COCCCNC(=O)c1nc(C(=O)N2CCCCC2)n2c1CCCC2. The molecule has 2 aliphatic heterocycles. The lowest BCUT2D eigenvalue weighted by Crippen LogP contribution is -2.37. The van der Waals surface area contributed by atoms with Gasteiger partial charge >= 0.3 is 0 Å². The number of imidazole rings is 1. The third-order valence-corrected chi connectivity index (χ3v) is 4.98. The fourth-order valence-corrected chi connectivity index (χ4v) is 3.63. The molecule has 1 aromatic heterocycles. The van der Waals surface area contributed by atoms with Crippen LogP contribution in [0.1, 0.15) is 65.3 Å². The number of ether oxygens (including phenoxy) is 1. The summed E-state index contributed by atoms with van der Waals surface area (Å²) >= 11 is 0. The normalized spacial score (nSPS) is 17.2. The van der Waals surface area contributed by atoms with E-state index in [1.54, 1.807) is 7.11 Å². The number of hydrogen-bond donors (Lipinski definition) is 1. The summed E-state index contributed by atoms with van der Waals surface area (Å²) in [5.74, 6) is 0.236. The Hall–Kier alpha value is -1.89. The van der Waals surface area contributed by atoms with Gasteiger partial charge in [0, 0.05) is 39.9 Å². The molecule has 2 aliphatic rings. The number of carbonyl (C=O) groups excluding carboxylic acids is 2. The summed E-state index contributed by atoms with van der Waals surface area (Å²) in [4.78, 5) is 31.8. The van der Waals surface area contributed by atoms with Crippen LogP contribution in [0.15, 0.2) is 0 Å². The first-order valence-corrected chi connectivity index (χ1v) is 9.38. The van der Waals surface area contributed by atoms with Crippen molar-refractivity contribution in [2.75, 3.05) is 33.4 Å². The molecule has 0 radical (unpaired) electrons. The molecule has 7 nitrogen and oxygen atoms in total. The number of fused-ring (bicyclic) bond motifs is 1. The van der Waals surface area contributed by atoms with Gasteiger partial charge in [0.25, 0.3) is 11.8 Å². The predicted molar refractivity (Wildman–Crippen MR) is 93.7 cm³/mol. The molecule has 138 valence electrons. The Morgan fingerprint density at radius 3 is 2.64 bits per heavy atom. The number of piperidine rings is 1. The van der Waals surface area contributed by atoms with Crippen LogP contribution in [0, 0.1) is 0 Å². The largest absolute Gasteiger partial charge is 0.385 e. The molecule has 2 amide bonds. The highest BCUT2D eigenvalue weighted by Crippen LogP contribution is 2.23. The molecule has 0 spiro atoms. The van der Waals surface area contributed by atoms with Gasteiger partial charge < -0.3 is 19.5 Å². The average molecular weight is 348 g/mol. The summed E-state index contributed by atoms with van der Waals surface area (Å²) in [5, 5.41) is 2.90. The van der Waals surface area contributed by atoms with E-state index in [2.05, 4.69) is 10.3 Å². The Labute approximate surface area is 148 Å². The second-order valence-electron chi connectivity index (χ2n) is 6.79. The molecule has 0 aliphatic carbocycles. The molecular formula is C18H28N4O3. The van der Waals surface area contributed by atoms with E-state index in [9.17, 15) is 9.59 Å². The van der Waals surface area contributed by atoms with Gasteiger partial charge in [0.15, 0.2) is 5.82 Å². The highest BCUT2D eigenvalue weighted by atomic mass is 16.5. The Kier molecular flexibility index (Phi) is 6.07. The lowest BCUT2D eigenvalue weighted by Gasteiger charge is -2.27. The van der Waals surface area contributed by atoms with E-state index >= 15 is 0 Å². The minimum atomic E-state index is -0.181. The first-order chi connectivity index (χ1) is 12.2. The van der Waals surface area contributed by atoms with Gasteiger partial charge in [-0.1, -0.05) is 0 Å². The fourth-order valence-electron chi connectivity index (χ4n) is 3.63.